The van der Waals surface area contributed by atoms with Crippen LogP contribution in [0.5, 0.6) is 0 Å². The molecule has 0 aliphatic heterocycles. The maximum Gasteiger partial charge on any atom is 0.0146 e. The van der Waals surface area contributed by atoms with Crippen molar-refractivity contribution in [2.75, 3.05) is 13.1 Å². The highest BCUT2D eigenvalue weighted by molar-refractivity contribution is 14.2. The van der Waals surface area contributed by atoms with E-state index >= 15 is 0 Å². The summed E-state index contributed by atoms with van der Waals surface area (Å²) in [6.45, 7) is 6.61. The number of hydrogen-bond donors (Lipinski definition) is 0. The molecule has 0 aliphatic rings. The zero-order chi connectivity index (χ0) is 5.70. The van der Waals surface area contributed by atoms with Gasteiger partial charge < -0.3 is 0 Å². The molecule has 0 aromatic rings. The lowest BCUT2D eigenvalue weighted by Crippen LogP contribution is -2.10. The Balaban J connectivity index is 2.99. The van der Waals surface area contributed by atoms with Gasteiger partial charge in [0.1, 0.15) is 0 Å². The summed E-state index contributed by atoms with van der Waals surface area (Å²) in [6, 6.07) is 0. The molecule has 0 N–H and O–H groups in total. The summed E-state index contributed by atoms with van der Waals surface area (Å²) >= 11 is 2.29. The smallest absolute Gasteiger partial charge is 0.0146 e. The van der Waals surface area contributed by atoms with Gasteiger partial charge in [-0.1, -0.05) is 13.8 Å². The number of halogens is 1. The molecule has 0 fully saturated rings. The molecule has 0 aromatic heterocycles. The first-order valence-corrected chi connectivity index (χ1v) is 5.70. The van der Waals surface area contributed by atoms with Crippen LogP contribution in [0.4, 0.5) is 0 Å². The first kappa shape index (κ1) is 8.04. The van der Waals surface area contributed by atoms with E-state index < -0.39 is 0 Å². The molecule has 0 atom stereocenters. The topological polar surface area (TPSA) is 3.24 Å². The van der Waals surface area contributed by atoms with Crippen LogP contribution < -0.4 is 0 Å². The summed E-state index contributed by atoms with van der Waals surface area (Å²) < 4.78 is 2.28. The van der Waals surface area contributed by atoms with Crippen molar-refractivity contribution in [3.63, 3.8) is 0 Å². The summed E-state index contributed by atoms with van der Waals surface area (Å²) in [5, 5.41) is 0. The molecule has 0 bridgehead atoms. The maximum atomic E-state index is 2.29. The zero-order valence-corrected chi connectivity index (χ0v) is 7.62. The standard InChI is InChI=1S/C4H10INS/c1-3-6(4-2)7-5/h3-4H2,1-2H3. The lowest BCUT2D eigenvalue weighted by molar-refractivity contribution is 0.531. The quantitative estimate of drug-likeness (QED) is 0.541. The van der Waals surface area contributed by atoms with Crippen molar-refractivity contribution in [3.05, 3.63) is 0 Å². The molecule has 1 nitrogen and oxygen atoms in total. The average Bonchev–Trinajstić information content (AvgIpc) is 1.72. The second kappa shape index (κ2) is 5.18. The van der Waals surface area contributed by atoms with Crippen molar-refractivity contribution >= 4 is 30.3 Å². The van der Waals surface area contributed by atoms with Gasteiger partial charge in [0.05, 0.1) is 0 Å². The Bertz CT molecular complexity index is 33.2. The van der Waals surface area contributed by atoms with Gasteiger partial charge in [-0.05, 0) is 9.12 Å². The molecule has 7 heavy (non-hydrogen) atoms. The average molecular weight is 231 g/mol. The highest BCUT2D eigenvalue weighted by Crippen LogP contribution is 2.16. The zero-order valence-electron chi connectivity index (χ0n) is 4.65. The molecule has 0 saturated carbocycles. The second-order valence-corrected chi connectivity index (χ2v) is 3.02. The Kier molecular flexibility index (Phi) is 5.95. The molecule has 0 spiro atoms. The summed E-state index contributed by atoms with van der Waals surface area (Å²) in [4.78, 5) is 0. The van der Waals surface area contributed by atoms with Crippen LogP contribution in [-0.2, 0) is 0 Å². The van der Waals surface area contributed by atoms with E-state index in [1.807, 2.05) is 0 Å². The Morgan fingerprint density at radius 2 is 1.86 bits per heavy atom. The minimum absolute atomic E-state index is 1.14. The van der Waals surface area contributed by atoms with E-state index in [1.54, 1.807) is 9.12 Å². The molecule has 3 heteroatoms. The highest BCUT2D eigenvalue weighted by Gasteiger charge is 1.91. The fourth-order valence-corrected chi connectivity index (χ4v) is 2.19. The normalized spacial score (nSPS) is 10.3. The van der Waals surface area contributed by atoms with Gasteiger partial charge in [0.2, 0.25) is 0 Å². The summed E-state index contributed by atoms with van der Waals surface area (Å²) in [5.41, 5.74) is 0. The van der Waals surface area contributed by atoms with Crippen molar-refractivity contribution in [2.45, 2.75) is 13.8 Å². The molecule has 0 aromatic carbocycles. The van der Waals surface area contributed by atoms with E-state index in [-0.39, 0.29) is 0 Å². The number of nitrogens with zero attached hydrogens (tertiary/aromatic N) is 1. The summed E-state index contributed by atoms with van der Waals surface area (Å²) in [6.07, 6.45) is 0. The van der Waals surface area contributed by atoms with Crippen LogP contribution >= 0.6 is 30.3 Å². The van der Waals surface area contributed by atoms with Gasteiger partial charge in [-0.25, -0.2) is 4.31 Å². The number of hydrogen-bond acceptors (Lipinski definition) is 2. The minimum atomic E-state index is 1.14. The minimum Gasteiger partial charge on any atom is -0.242 e. The molecule has 0 saturated heterocycles. The van der Waals surface area contributed by atoms with Crippen LogP contribution in [0.25, 0.3) is 0 Å². The predicted molar refractivity (Wildman–Crippen MR) is 44.5 cm³/mol. The summed E-state index contributed by atoms with van der Waals surface area (Å²) in [5.74, 6) is 0. The van der Waals surface area contributed by atoms with Crippen molar-refractivity contribution in [2.24, 2.45) is 0 Å². The lowest BCUT2D eigenvalue weighted by atomic mass is 10.7. The van der Waals surface area contributed by atoms with Gasteiger partial charge in [0, 0.05) is 34.3 Å². The first-order chi connectivity index (χ1) is 3.35. The van der Waals surface area contributed by atoms with Crippen LogP contribution in [0.3, 0.4) is 0 Å². The molecule has 0 rings (SSSR count). The molecule has 44 valence electrons. The fourth-order valence-electron chi connectivity index (χ4n) is 0.321. The van der Waals surface area contributed by atoms with Gasteiger partial charge >= 0.3 is 0 Å². The van der Waals surface area contributed by atoms with Gasteiger partial charge in [-0.3, -0.25) is 0 Å². The van der Waals surface area contributed by atoms with Gasteiger partial charge in [-0.2, -0.15) is 0 Å². The van der Waals surface area contributed by atoms with E-state index in [4.69, 9.17) is 0 Å². The van der Waals surface area contributed by atoms with Gasteiger partial charge in [0.25, 0.3) is 0 Å². The monoisotopic (exact) mass is 231 g/mol. The largest absolute Gasteiger partial charge is 0.242 e. The van der Waals surface area contributed by atoms with Crippen LogP contribution in [-0.4, -0.2) is 17.4 Å². The number of rotatable bonds is 3. The Labute approximate surface area is 61.6 Å². The van der Waals surface area contributed by atoms with Crippen LogP contribution in [0, 0.1) is 0 Å². The van der Waals surface area contributed by atoms with Gasteiger partial charge in [0.15, 0.2) is 0 Å². The third kappa shape index (κ3) is 3.61. The van der Waals surface area contributed by atoms with Crippen LogP contribution in [0.2, 0.25) is 0 Å². The highest BCUT2D eigenvalue weighted by atomic mass is 127. The van der Waals surface area contributed by atoms with E-state index in [9.17, 15) is 0 Å². The van der Waals surface area contributed by atoms with Crippen molar-refractivity contribution in [1.82, 2.24) is 4.31 Å². The predicted octanol–water partition coefficient (Wildman–Crippen LogP) is 2.33. The maximum absolute atomic E-state index is 2.29. The van der Waals surface area contributed by atoms with E-state index in [0.29, 0.717) is 0 Å². The van der Waals surface area contributed by atoms with Gasteiger partial charge in [-0.15, -0.1) is 0 Å². The first-order valence-electron chi connectivity index (χ1n) is 2.38. The van der Waals surface area contributed by atoms with Crippen LogP contribution in [0.15, 0.2) is 0 Å². The molecule has 0 radical (unpaired) electrons. The fraction of sp³-hybridized carbons (Fsp3) is 1.00. The van der Waals surface area contributed by atoms with Crippen molar-refractivity contribution in [1.29, 1.82) is 0 Å². The molecule has 0 heterocycles. The second-order valence-electron chi connectivity index (χ2n) is 1.18. The van der Waals surface area contributed by atoms with E-state index in [1.165, 1.54) is 0 Å². The third-order valence-electron chi connectivity index (χ3n) is 0.803. The van der Waals surface area contributed by atoms with Crippen molar-refractivity contribution in [3.8, 4) is 0 Å². The molecule has 0 aliphatic carbocycles. The van der Waals surface area contributed by atoms with E-state index in [2.05, 4.69) is 39.4 Å². The Morgan fingerprint density at radius 1 is 1.43 bits per heavy atom. The third-order valence-corrected chi connectivity index (χ3v) is 3.19. The van der Waals surface area contributed by atoms with Crippen molar-refractivity contribution < 1.29 is 0 Å². The molecule has 0 unspecified atom stereocenters. The van der Waals surface area contributed by atoms with E-state index in [0.717, 1.165) is 13.1 Å². The Morgan fingerprint density at radius 3 is 1.86 bits per heavy atom. The molecular formula is C4H10INS. The molecule has 0 amide bonds. The Hall–Kier alpha value is 1.04. The molecular weight excluding hydrogens is 221 g/mol. The van der Waals surface area contributed by atoms with Crippen LogP contribution in [0.1, 0.15) is 13.8 Å². The SMILES string of the molecule is CCN(CC)SI. The lowest BCUT2D eigenvalue weighted by Gasteiger charge is -2.10. The summed E-state index contributed by atoms with van der Waals surface area (Å²) in [7, 11) is 1.77.